The molecule has 3 aromatic carbocycles. The highest BCUT2D eigenvalue weighted by atomic mass is 35.5. The van der Waals surface area contributed by atoms with Crippen molar-refractivity contribution >= 4 is 46.8 Å². The first-order valence-electron chi connectivity index (χ1n) is 11.3. The maximum absolute atomic E-state index is 13.0. The number of allylic oxidation sites excluding steroid dienone is 1. The average molecular weight is 523 g/mol. The molecule has 1 N–H and O–H groups in total. The molecule has 0 aromatic heterocycles. The van der Waals surface area contributed by atoms with Crippen molar-refractivity contribution < 1.29 is 19.1 Å². The molecule has 0 saturated carbocycles. The highest BCUT2D eigenvalue weighted by Gasteiger charge is 2.34. The third-order valence-corrected chi connectivity index (χ3v) is 6.14. The number of para-hydroxylation sites is 1. The van der Waals surface area contributed by atoms with Crippen molar-refractivity contribution in [3.05, 3.63) is 106 Å². The number of benzene rings is 3. The van der Waals surface area contributed by atoms with Crippen molar-refractivity contribution in [3.8, 4) is 11.5 Å². The molecule has 1 fully saturated rings. The third kappa shape index (κ3) is 5.56. The number of amides is 2. The van der Waals surface area contributed by atoms with E-state index in [4.69, 9.17) is 32.7 Å². The summed E-state index contributed by atoms with van der Waals surface area (Å²) in [5.41, 5.74) is 5.49. The number of hydrogen-bond acceptors (Lipinski definition) is 4. The zero-order valence-electron chi connectivity index (χ0n) is 19.6. The van der Waals surface area contributed by atoms with Gasteiger partial charge in [0.2, 0.25) is 0 Å². The summed E-state index contributed by atoms with van der Waals surface area (Å²) in [6, 6.07) is 17.8. The lowest BCUT2D eigenvalue weighted by Gasteiger charge is -2.17. The Morgan fingerprint density at radius 3 is 2.47 bits per heavy atom. The Bertz CT molecular complexity index is 1340. The number of rotatable bonds is 9. The van der Waals surface area contributed by atoms with Crippen molar-refractivity contribution in [3.63, 3.8) is 0 Å². The highest BCUT2D eigenvalue weighted by Crippen LogP contribution is 2.36. The molecule has 184 valence electrons. The molecule has 1 saturated heterocycles. The van der Waals surface area contributed by atoms with Gasteiger partial charge in [-0.15, -0.1) is 6.58 Å². The van der Waals surface area contributed by atoms with Crippen molar-refractivity contribution in [2.75, 3.05) is 11.6 Å². The van der Waals surface area contributed by atoms with E-state index in [2.05, 4.69) is 12.0 Å². The molecule has 6 nitrogen and oxygen atoms in total. The summed E-state index contributed by atoms with van der Waals surface area (Å²) < 4.78 is 12.0. The summed E-state index contributed by atoms with van der Waals surface area (Å²) in [6.45, 7) is 6.36. The minimum absolute atomic E-state index is 0.0235. The first-order valence-corrected chi connectivity index (χ1v) is 12.1. The number of halogens is 2. The molecule has 3 aromatic rings. The van der Waals surface area contributed by atoms with Crippen LogP contribution in [-0.4, -0.2) is 18.4 Å². The quantitative estimate of drug-likeness (QED) is 0.207. The van der Waals surface area contributed by atoms with Gasteiger partial charge >= 0.3 is 0 Å². The smallest absolute Gasteiger partial charge is 0.282 e. The number of carbonyl (C=O) groups excluding carboxylic acids is 2. The van der Waals surface area contributed by atoms with Gasteiger partial charge in [-0.25, -0.2) is 5.01 Å². The van der Waals surface area contributed by atoms with Crippen LogP contribution < -0.4 is 19.9 Å². The SMILES string of the molecule is C=CCc1cc(/C=C2/C(=O)NN(c3ccccc3)C2=O)cc(OCC)c1OCc1ccc(Cl)c(Cl)c1. The van der Waals surface area contributed by atoms with Crippen LogP contribution in [0.25, 0.3) is 6.08 Å². The van der Waals surface area contributed by atoms with E-state index >= 15 is 0 Å². The Morgan fingerprint density at radius 2 is 1.78 bits per heavy atom. The van der Waals surface area contributed by atoms with Crippen LogP contribution in [0, 0.1) is 0 Å². The monoisotopic (exact) mass is 522 g/mol. The van der Waals surface area contributed by atoms with Crippen LogP contribution in [0.5, 0.6) is 11.5 Å². The van der Waals surface area contributed by atoms with Crippen LogP contribution in [0.4, 0.5) is 5.69 Å². The van der Waals surface area contributed by atoms with E-state index in [0.717, 1.165) is 11.1 Å². The van der Waals surface area contributed by atoms with E-state index in [1.54, 1.807) is 54.6 Å². The van der Waals surface area contributed by atoms with Gasteiger partial charge < -0.3 is 9.47 Å². The minimum Gasteiger partial charge on any atom is -0.490 e. The molecule has 0 bridgehead atoms. The Morgan fingerprint density at radius 1 is 1.00 bits per heavy atom. The van der Waals surface area contributed by atoms with Crippen LogP contribution >= 0.6 is 23.2 Å². The van der Waals surface area contributed by atoms with E-state index in [9.17, 15) is 9.59 Å². The zero-order chi connectivity index (χ0) is 25.7. The minimum atomic E-state index is -0.480. The molecule has 8 heteroatoms. The molecule has 1 aliphatic rings. The van der Waals surface area contributed by atoms with Gasteiger partial charge in [0.05, 0.1) is 22.3 Å². The summed E-state index contributed by atoms with van der Waals surface area (Å²) >= 11 is 12.2. The number of nitrogens with zero attached hydrogens (tertiary/aromatic N) is 1. The normalized spacial score (nSPS) is 14.2. The summed E-state index contributed by atoms with van der Waals surface area (Å²) in [6.07, 6.45) is 3.79. The summed E-state index contributed by atoms with van der Waals surface area (Å²) in [5, 5.41) is 2.15. The fourth-order valence-electron chi connectivity index (χ4n) is 3.77. The van der Waals surface area contributed by atoms with E-state index < -0.39 is 11.8 Å². The second-order valence-electron chi connectivity index (χ2n) is 7.95. The van der Waals surface area contributed by atoms with Gasteiger partial charge in [-0.2, -0.15) is 0 Å². The highest BCUT2D eigenvalue weighted by molar-refractivity contribution is 6.42. The van der Waals surface area contributed by atoms with Gasteiger partial charge in [-0.05, 0) is 66.9 Å². The largest absolute Gasteiger partial charge is 0.490 e. The van der Waals surface area contributed by atoms with Gasteiger partial charge in [0.25, 0.3) is 11.8 Å². The van der Waals surface area contributed by atoms with Gasteiger partial charge in [0, 0.05) is 5.56 Å². The number of nitrogens with one attached hydrogen (secondary N) is 1. The molecule has 0 unspecified atom stereocenters. The number of hydrogen-bond donors (Lipinski definition) is 1. The molecular weight excluding hydrogens is 499 g/mol. The van der Waals surface area contributed by atoms with Crippen LogP contribution in [0.3, 0.4) is 0 Å². The molecule has 1 aliphatic heterocycles. The van der Waals surface area contributed by atoms with Crippen LogP contribution in [-0.2, 0) is 22.6 Å². The van der Waals surface area contributed by atoms with Crippen LogP contribution in [0.1, 0.15) is 23.6 Å². The third-order valence-electron chi connectivity index (χ3n) is 5.40. The van der Waals surface area contributed by atoms with Crippen LogP contribution in [0.15, 0.2) is 78.9 Å². The van der Waals surface area contributed by atoms with E-state index in [1.807, 2.05) is 25.1 Å². The van der Waals surface area contributed by atoms with E-state index in [1.165, 1.54) is 5.01 Å². The Hall–Kier alpha value is -3.74. The lowest BCUT2D eigenvalue weighted by Crippen LogP contribution is -2.35. The van der Waals surface area contributed by atoms with Crippen LogP contribution in [0.2, 0.25) is 10.0 Å². The summed E-state index contributed by atoms with van der Waals surface area (Å²) in [5.74, 6) is 0.133. The lowest BCUT2D eigenvalue weighted by molar-refractivity contribution is -0.117. The first-order chi connectivity index (χ1) is 17.4. The predicted molar refractivity (Wildman–Crippen MR) is 142 cm³/mol. The molecule has 1 heterocycles. The maximum atomic E-state index is 13.0. The average Bonchev–Trinajstić information content (AvgIpc) is 3.15. The number of hydrazine groups is 1. The van der Waals surface area contributed by atoms with Crippen molar-refractivity contribution in [2.45, 2.75) is 20.0 Å². The number of anilines is 1. The van der Waals surface area contributed by atoms with Crippen molar-refractivity contribution in [1.82, 2.24) is 5.43 Å². The summed E-state index contributed by atoms with van der Waals surface area (Å²) in [7, 11) is 0. The topological polar surface area (TPSA) is 67.9 Å². The molecule has 0 atom stereocenters. The van der Waals surface area contributed by atoms with Gasteiger partial charge in [0.1, 0.15) is 12.2 Å². The van der Waals surface area contributed by atoms with Crippen molar-refractivity contribution in [2.24, 2.45) is 0 Å². The Labute approximate surface area is 219 Å². The number of carbonyl (C=O) groups is 2. The molecule has 0 aliphatic carbocycles. The Kier molecular flexibility index (Phi) is 7.98. The molecular formula is C28H24Cl2N2O4. The molecule has 2 amide bonds. The van der Waals surface area contributed by atoms with Gasteiger partial charge in [-0.1, -0.05) is 53.5 Å². The standard InChI is InChI=1S/C28H24Cl2N2O4/c1-3-8-20-13-19(14-22-27(33)31-32(28(22)34)21-9-6-5-7-10-21)16-25(35-4-2)26(20)36-17-18-11-12-23(29)24(30)15-18/h3,5-7,9-16H,1,4,8,17H2,2H3,(H,31,33)/b22-14-. The zero-order valence-corrected chi connectivity index (χ0v) is 21.1. The summed E-state index contributed by atoms with van der Waals surface area (Å²) in [4.78, 5) is 25.6. The second-order valence-corrected chi connectivity index (χ2v) is 8.76. The molecule has 0 radical (unpaired) electrons. The van der Waals surface area contributed by atoms with E-state index in [-0.39, 0.29) is 12.2 Å². The van der Waals surface area contributed by atoms with Crippen molar-refractivity contribution in [1.29, 1.82) is 0 Å². The molecule has 4 rings (SSSR count). The fraction of sp³-hybridized carbons (Fsp3) is 0.143. The van der Waals surface area contributed by atoms with Gasteiger partial charge in [-0.3, -0.25) is 15.0 Å². The fourth-order valence-corrected chi connectivity index (χ4v) is 4.09. The van der Waals surface area contributed by atoms with E-state index in [0.29, 0.717) is 45.8 Å². The maximum Gasteiger partial charge on any atom is 0.282 e. The molecule has 36 heavy (non-hydrogen) atoms. The second kappa shape index (κ2) is 11.3. The molecule has 0 spiro atoms. The van der Waals surface area contributed by atoms with Gasteiger partial charge in [0.15, 0.2) is 11.5 Å². The first kappa shape index (κ1) is 25.4. The number of ether oxygens (including phenoxy) is 2. The predicted octanol–water partition coefficient (Wildman–Crippen LogP) is 6.16. The lowest BCUT2D eigenvalue weighted by atomic mass is 10.0. The Balaban J connectivity index is 1.67.